The highest BCUT2D eigenvalue weighted by Crippen LogP contribution is 2.09. The Balaban J connectivity index is 1.88. The lowest BCUT2D eigenvalue weighted by atomic mass is 10.1. The number of aryl methyl sites for hydroxylation is 1. The number of nitrogens with zero attached hydrogens (tertiary/aromatic N) is 1. The average Bonchev–Trinajstić information content (AvgIpc) is 2.33. The summed E-state index contributed by atoms with van der Waals surface area (Å²) in [6.45, 7) is 8.12. The van der Waals surface area contributed by atoms with Crippen LogP contribution >= 0.6 is 0 Å². The second-order valence-electron chi connectivity index (χ2n) is 4.90. The molecule has 94 valence electrons. The van der Waals surface area contributed by atoms with Gasteiger partial charge in [0.25, 0.3) is 0 Å². The van der Waals surface area contributed by atoms with Crippen LogP contribution in [-0.2, 0) is 13.0 Å². The van der Waals surface area contributed by atoms with Crippen LogP contribution in [0, 0.1) is 0 Å². The van der Waals surface area contributed by atoms with Crippen LogP contribution in [0.3, 0.4) is 0 Å². The minimum absolute atomic E-state index is 1.12. The van der Waals surface area contributed by atoms with Gasteiger partial charge < -0.3 is 5.32 Å². The van der Waals surface area contributed by atoms with E-state index in [9.17, 15) is 0 Å². The van der Waals surface area contributed by atoms with Crippen molar-refractivity contribution in [3.05, 3.63) is 35.4 Å². The minimum Gasteiger partial charge on any atom is -0.317 e. The van der Waals surface area contributed by atoms with Gasteiger partial charge in [0.2, 0.25) is 0 Å². The molecule has 0 radical (unpaired) electrons. The number of nitrogens with one attached hydrogen (secondary N) is 1. The lowest BCUT2D eigenvalue weighted by molar-refractivity contribution is 0.245. The summed E-state index contributed by atoms with van der Waals surface area (Å²) >= 11 is 0. The van der Waals surface area contributed by atoms with Crippen LogP contribution in [-0.4, -0.2) is 31.1 Å². The van der Waals surface area contributed by atoms with Crippen LogP contribution < -0.4 is 5.32 Å². The highest BCUT2D eigenvalue weighted by Gasteiger charge is 2.07. The predicted octanol–water partition coefficient (Wildman–Crippen LogP) is 2.43. The van der Waals surface area contributed by atoms with E-state index in [-0.39, 0.29) is 0 Å². The first-order chi connectivity index (χ1) is 8.38. The summed E-state index contributed by atoms with van der Waals surface area (Å²) < 4.78 is 0. The third kappa shape index (κ3) is 4.14. The standard InChI is InChI=1S/C15H24N2/c1-2-14-5-7-15(8-6-14)13-17-11-3-9-16-10-4-12-17/h5-8,16H,2-4,9-13H2,1H3. The van der Waals surface area contributed by atoms with Crippen molar-refractivity contribution < 1.29 is 0 Å². The zero-order valence-electron chi connectivity index (χ0n) is 10.9. The van der Waals surface area contributed by atoms with Gasteiger partial charge in [-0.15, -0.1) is 0 Å². The van der Waals surface area contributed by atoms with Gasteiger partial charge in [-0.05, 0) is 56.6 Å². The lowest BCUT2D eigenvalue weighted by Gasteiger charge is -2.25. The van der Waals surface area contributed by atoms with E-state index in [0.717, 1.165) is 13.0 Å². The van der Waals surface area contributed by atoms with Crippen molar-refractivity contribution in [2.45, 2.75) is 32.7 Å². The number of hydrogen-bond acceptors (Lipinski definition) is 2. The molecule has 1 aromatic carbocycles. The lowest BCUT2D eigenvalue weighted by Crippen LogP contribution is -2.33. The van der Waals surface area contributed by atoms with Crippen LogP contribution in [0.1, 0.15) is 30.9 Å². The van der Waals surface area contributed by atoms with E-state index in [1.54, 1.807) is 0 Å². The molecule has 1 saturated heterocycles. The molecule has 1 fully saturated rings. The first kappa shape index (κ1) is 12.6. The molecule has 0 aliphatic carbocycles. The normalized spacial score (nSPS) is 18.6. The van der Waals surface area contributed by atoms with Gasteiger partial charge in [-0.25, -0.2) is 0 Å². The van der Waals surface area contributed by atoms with Crippen molar-refractivity contribution >= 4 is 0 Å². The molecule has 0 amide bonds. The maximum absolute atomic E-state index is 3.46. The number of benzene rings is 1. The first-order valence-corrected chi connectivity index (χ1v) is 6.89. The molecule has 1 aromatic rings. The largest absolute Gasteiger partial charge is 0.317 e. The fraction of sp³-hybridized carbons (Fsp3) is 0.600. The van der Waals surface area contributed by atoms with E-state index in [0.29, 0.717) is 0 Å². The summed E-state index contributed by atoms with van der Waals surface area (Å²) in [4.78, 5) is 2.59. The molecular weight excluding hydrogens is 208 g/mol. The van der Waals surface area contributed by atoms with Crippen molar-refractivity contribution in [2.24, 2.45) is 0 Å². The molecule has 0 aromatic heterocycles. The Kier molecular flexibility index (Phi) is 5.02. The van der Waals surface area contributed by atoms with E-state index >= 15 is 0 Å². The van der Waals surface area contributed by atoms with Gasteiger partial charge in [0.1, 0.15) is 0 Å². The van der Waals surface area contributed by atoms with Crippen LogP contribution in [0.25, 0.3) is 0 Å². The van der Waals surface area contributed by atoms with Crippen LogP contribution in [0.5, 0.6) is 0 Å². The van der Waals surface area contributed by atoms with Gasteiger partial charge in [-0.1, -0.05) is 31.2 Å². The Morgan fingerprint density at radius 2 is 1.59 bits per heavy atom. The van der Waals surface area contributed by atoms with Gasteiger partial charge in [0, 0.05) is 6.54 Å². The van der Waals surface area contributed by atoms with E-state index in [1.165, 1.54) is 50.1 Å². The zero-order valence-corrected chi connectivity index (χ0v) is 10.9. The van der Waals surface area contributed by atoms with Crippen LogP contribution in [0.2, 0.25) is 0 Å². The molecule has 2 heteroatoms. The molecule has 0 unspecified atom stereocenters. The van der Waals surface area contributed by atoms with E-state index in [1.807, 2.05) is 0 Å². The van der Waals surface area contributed by atoms with Gasteiger partial charge in [-0.2, -0.15) is 0 Å². The molecule has 2 nitrogen and oxygen atoms in total. The predicted molar refractivity (Wildman–Crippen MR) is 73.2 cm³/mol. The third-order valence-electron chi connectivity index (χ3n) is 3.49. The Hall–Kier alpha value is -0.860. The quantitative estimate of drug-likeness (QED) is 0.861. The molecule has 1 aliphatic heterocycles. The SMILES string of the molecule is CCc1ccc(CN2CCCNCCC2)cc1. The highest BCUT2D eigenvalue weighted by atomic mass is 15.1. The highest BCUT2D eigenvalue weighted by molar-refractivity contribution is 5.22. The van der Waals surface area contributed by atoms with Crippen molar-refractivity contribution in [1.82, 2.24) is 10.2 Å². The molecule has 0 bridgehead atoms. The molecule has 2 rings (SSSR count). The number of hydrogen-bond donors (Lipinski definition) is 1. The smallest absolute Gasteiger partial charge is 0.0233 e. The van der Waals surface area contributed by atoms with Gasteiger partial charge in [-0.3, -0.25) is 4.90 Å². The minimum atomic E-state index is 1.12. The topological polar surface area (TPSA) is 15.3 Å². The summed E-state index contributed by atoms with van der Waals surface area (Å²) in [6.07, 6.45) is 3.68. The Labute approximate surface area is 105 Å². The first-order valence-electron chi connectivity index (χ1n) is 6.89. The zero-order chi connectivity index (χ0) is 11.9. The summed E-state index contributed by atoms with van der Waals surface area (Å²) in [7, 11) is 0. The fourth-order valence-electron chi connectivity index (χ4n) is 2.39. The maximum Gasteiger partial charge on any atom is 0.0233 e. The molecule has 0 spiro atoms. The molecule has 1 N–H and O–H groups in total. The average molecular weight is 232 g/mol. The van der Waals surface area contributed by atoms with Crippen molar-refractivity contribution in [3.63, 3.8) is 0 Å². The summed E-state index contributed by atoms with van der Waals surface area (Å²) in [6, 6.07) is 9.10. The van der Waals surface area contributed by atoms with Gasteiger partial charge in [0.15, 0.2) is 0 Å². The van der Waals surface area contributed by atoms with Gasteiger partial charge >= 0.3 is 0 Å². The van der Waals surface area contributed by atoms with Crippen molar-refractivity contribution in [2.75, 3.05) is 26.2 Å². The molecule has 17 heavy (non-hydrogen) atoms. The van der Waals surface area contributed by atoms with E-state index in [4.69, 9.17) is 0 Å². The summed E-state index contributed by atoms with van der Waals surface area (Å²) in [5, 5.41) is 3.46. The Morgan fingerprint density at radius 3 is 2.18 bits per heavy atom. The van der Waals surface area contributed by atoms with Crippen LogP contribution in [0.15, 0.2) is 24.3 Å². The van der Waals surface area contributed by atoms with Crippen LogP contribution in [0.4, 0.5) is 0 Å². The second kappa shape index (κ2) is 6.77. The summed E-state index contributed by atoms with van der Waals surface area (Å²) in [5.74, 6) is 0. The fourth-order valence-corrected chi connectivity index (χ4v) is 2.39. The van der Waals surface area contributed by atoms with Gasteiger partial charge in [0.05, 0.1) is 0 Å². The Bertz CT molecular complexity index is 310. The van der Waals surface area contributed by atoms with E-state index in [2.05, 4.69) is 41.4 Å². The number of rotatable bonds is 3. The van der Waals surface area contributed by atoms with E-state index < -0.39 is 0 Å². The second-order valence-corrected chi connectivity index (χ2v) is 4.90. The monoisotopic (exact) mass is 232 g/mol. The summed E-state index contributed by atoms with van der Waals surface area (Å²) in [5.41, 5.74) is 2.89. The third-order valence-corrected chi connectivity index (χ3v) is 3.49. The maximum atomic E-state index is 3.46. The molecule has 0 saturated carbocycles. The Morgan fingerprint density at radius 1 is 1.00 bits per heavy atom. The molecule has 1 heterocycles. The van der Waals surface area contributed by atoms with Crippen molar-refractivity contribution in [1.29, 1.82) is 0 Å². The molecule has 1 aliphatic rings. The molecule has 0 atom stereocenters. The molecular formula is C15H24N2. The van der Waals surface area contributed by atoms with Crippen molar-refractivity contribution in [3.8, 4) is 0 Å².